The Morgan fingerprint density at radius 1 is 0.839 bits per heavy atom. The highest BCUT2D eigenvalue weighted by atomic mass is 32.2. The summed E-state index contributed by atoms with van der Waals surface area (Å²) in [5.41, 5.74) is 0. The molecule has 0 atom stereocenters. The van der Waals surface area contributed by atoms with Crippen LogP contribution in [0.3, 0.4) is 0 Å². The second kappa shape index (κ2) is 8.62. The molecular formula is C25H20O5S. The standard InChI is InChI=1S/C20H12O3S.C5H8O2/c21-24(22)23-17-11-10-13-6-2-8-15-14-7-1-4-12-5-3-9-16(18(12)14)20(17)19(13)15;1-2-3-4-5(6)7/h1-11,24H;2H,1,3-4H2,(H,6,7). The molecule has 0 aliphatic heterocycles. The van der Waals surface area contributed by atoms with Crippen molar-refractivity contribution in [2.24, 2.45) is 0 Å². The molecule has 156 valence electrons. The van der Waals surface area contributed by atoms with E-state index in [4.69, 9.17) is 9.29 Å². The van der Waals surface area contributed by atoms with Gasteiger partial charge in [0.15, 0.2) is 5.75 Å². The summed E-state index contributed by atoms with van der Waals surface area (Å²) in [5, 5.41) is 16.5. The summed E-state index contributed by atoms with van der Waals surface area (Å²) in [6.07, 6.45) is 2.35. The molecule has 0 radical (unpaired) electrons. The Kier molecular flexibility index (Phi) is 5.73. The molecule has 1 N–H and O–H groups in total. The van der Waals surface area contributed by atoms with Gasteiger partial charge in [-0.25, -0.2) is 0 Å². The minimum absolute atomic E-state index is 0.198. The number of thiol groups is 1. The van der Waals surface area contributed by atoms with Crippen LogP contribution < -0.4 is 4.18 Å². The summed E-state index contributed by atoms with van der Waals surface area (Å²) in [4.78, 5) is 9.71. The van der Waals surface area contributed by atoms with Gasteiger partial charge in [-0.15, -0.1) is 6.58 Å². The maximum atomic E-state index is 11.2. The van der Waals surface area contributed by atoms with E-state index in [1.54, 1.807) is 12.1 Å². The zero-order valence-corrected chi connectivity index (χ0v) is 17.5. The van der Waals surface area contributed by atoms with Crippen molar-refractivity contribution in [3.05, 3.63) is 79.4 Å². The van der Waals surface area contributed by atoms with Gasteiger partial charge >= 0.3 is 5.97 Å². The Bertz CT molecular complexity index is 1490. The number of carboxylic acids is 1. The number of rotatable bonds is 5. The third-order valence-corrected chi connectivity index (χ3v) is 5.55. The van der Waals surface area contributed by atoms with Crippen LogP contribution in [0.5, 0.6) is 5.75 Å². The lowest BCUT2D eigenvalue weighted by atomic mass is 9.89. The predicted octanol–water partition coefficient (Wildman–Crippen LogP) is 5.68. The van der Waals surface area contributed by atoms with E-state index in [0.29, 0.717) is 12.2 Å². The first-order valence-corrected chi connectivity index (χ1v) is 10.8. The van der Waals surface area contributed by atoms with Crippen molar-refractivity contribution < 1.29 is 22.5 Å². The van der Waals surface area contributed by atoms with Crippen LogP contribution in [0.4, 0.5) is 0 Å². The molecule has 6 heteroatoms. The lowest BCUT2D eigenvalue weighted by Crippen LogP contribution is -1.93. The fourth-order valence-electron chi connectivity index (χ4n) is 4.01. The van der Waals surface area contributed by atoms with Gasteiger partial charge in [0.25, 0.3) is 11.0 Å². The normalized spacial score (nSPS) is 11.1. The Morgan fingerprint density at radius 2 is 1.42 bits per heavy atom. The van der Waals surface area contributed by atoms with Crippen molar-refractivity contribution in [3.63, 3.8) is 0 Å². The average molecular weight is 432 g/mol. The molecule has 0 aliphatic rings. The number of allylic oxidation sites excluding steroid dienone is 1. The van der Waals surface area contributed by atoms with E-state index in [9.17, 15) is 13.2 Å². The summed E-state index contributed by atoms with van der Waals surface area (Å²) in [5.74, 6) is -0.382. The summed E-state index contributed by atoms with van der Waals surface area (Å²) in [6, 6.07) is 22.1. The molecule has 5 nitrogen and oxygen atoms in total. The van der Waals surface area contributed by atoms with Crippen LogP contribution in [0.15, 0.2) is 79.4 Å². The maximum absolute atomic E-state index is 11.2. The van der Waals surface area contributed by atoms with E-state index in [2.05, 4.69) is 36.9 Å². The number of carbonyl (C=O) groups is 1. The van der Waals surface area contributed by atoms with Crippen LogP contribution in [0.1, 0.15) is 12.8 Å². The van der Waals surface area contributed by atoms with Gasteiger partial charge in [-0.3, -0.25) is 4.79 Å². The van der Waals surface area contributed by atoms with E-state index in [1.165, 1.54) is 5.39 Å². The third kappa shape index (κ3) is 3.90. The van der Waals surface area contributed by atoms with Crippen LogP contribution in [-0.4, -0.2) is 19.5 Å². The number of benzene rings is 5. The van der Waals surface area contributed by atoms with Gasteiger partial charge in [-0.2, -0.15) is 8.42 Å². The minimum atomic E-state index is -2.97. The molecule has 0 spiro atoms. The molecule has 0 fully saturated rings. The van der Waals surface area contributed by atoms with Crippen LogP contribution in [-0.2, 0) is 15.8 Å². The Balaban J connectivity index is 0.000000289. The fourth-order valence-corrected chi connectivity index (χ4v) is 4.32. The molecule has 0 aromatic heterocycles. The van der Waals surface area contributed by atoms with Gasteiger partial charge in [0, 0.05) is 17.2 Å². The van der Waals surface area contributed by atoms with E-state index in [0.717, 1.165) is 37.7 Å². The van der Waals surface area contributed by atoms with E-state index in [1.807, 2.05) is 30.3 Å². The quantitative estimate of drug-likeness (QED) is 0.162. The highest BCUT2D eigenvalue weighted by molar-refractivity contribution is 7.67. The number of hydrogen-bond acceptors (Lipinski definition) is 4. The van der Waals surface area contributed by atoms with Crippen molar-refractivity contribution in [2.45, 2.75) is 12.8 Å². The SMILES string of the molecule is C=CCCC(=O)O.O=[SH](=O)Oc1ccc2cccc3c4cccc5cccc(c1c23)c54. The summed E-state index contributed by atoms with van der Waals surface area (Å²) in [7, 11) is -2.97. The van der Waals surface area contributed by atoms with Crippen molar-refractivity contribution >= 4 is 60.0 Å². The molecule has 5 aromatic rings. The zero-order valence-electron chi connectivity index (χ0n) is 16.6. The van der Waals surface area contributed by atoms with Crippen molar-refractivity contribution in [1.82, 2.24) is 0 Å². The molecule has 5 rings (SSSR count). The Hall–Kier alpha value is -3.64. The number of carboxylic acid groups (broad SMARTS) is 1. The fraction of sp³-hybridized carbons (Fsp3) is 0.0800. The molecule has 0 amide bonds. The van der Waals surface area contributed by atoms with Crippen LogP contribution in [0, 0.1) is 0 Å². The summed E-state index contributed by atoms with van der Waals surface area (Å²) >= 11 is 0. The molecule has 5 aromatic carbocycles. The summed E-state index contributed by atoms with van der Waals surface area (Å²) < 4.78 is 27.5. The number of aliphatic carboxylic acids is 1. The first-order valence-electron chi connectivity index (χ1n) is 9.74. The molecule has 0 saturated carbocycles. The lowest BCUT2D eigenvalue weighted by molar-refractivity contribution is -0.136. The van der Waals surface area contributed by atoms with Gasteiger partial charge in [0.1, 0.15) is 0 Å². The molecule has 0 unspecified atom stereocenters. The van der Waals surface area contributed by atoms with Gasteiger partial charge in [0.05, 0.1) is 0 Å². The Labute approximate surface area is 180 Å². The first kappa shape index (κ1) is 20.6. The Morgan fingerprint density at radius 3 is 1.97 bits per heavy atom. The van der Waals surface area contributed by atoms with E-state index >= 15 is 0 Å². The molecule has 0 bridgehead atoms. The largest absolute Gasteiger partial charge is 0.481 e. The van der Waals surface area contributed by atoms with Crippen molar-refractivity contribution in [1.29, 1.82) is 0 Å². The zero-order chi connectivity index (χ0) is 22.0. The smallest absolute Gasteiger partial charge is 0.303 e. The molecular weight excluding hydrogens is 412 g/mol. The van der Waals surface area contributed by atoms with Gasteiger partial charge in [-0.1, -0.05) is 66.7 Å². The third-order valence-electron chi connectivity index (χ3n) is 5.21. The first-order chi connectivity index (χ1) is 15.0. The average Bonchev–Trinajstić information content (AvgIpc) is 2.76. The second-order valence-corrected chi connectivity index (χ2v) is 7.72. The van der Waals surface area contributed by atoms with E-state index < -0.39 is 17.0 Å². The second-order valence-electron chi connectivity index (χ2n) is 7.09. The van der Waals surface area contributed by atoms with Gasteiger partial charge in [0.2, 0.25) is 0 Å². The number of hydrogen-bond donors (Lipinski definition) is 2. The molecule has 0 saturated heterocycles. The highest BCUT2D eigenvalue weighted by Gasteiger charge is 2.16. The molecule has 0 heterocycles. The van der Waals surface area contributed by atoms with Crippen LogP contribution in [0.2, 0.25) is 0 Å². The topological polar surface area (TPSA) is 80.7 Å². The lowest BCUT2D eigenvalue weighted by Gasteiger charge is -2.15. The van der Waals surface area contributed by atoms with Crippen molar-refractivity contribution in [3.8, 4) is 5.75 Å². The van der Waals surface area contributed by atoms with Crippen LogP contribution >= 0.6 is 0 Å². The maximum Gasteiger partial charge on any atom is 0.303 e. The van der Waals surface area contributed by atoms with Crippen LogP contribution in [0.25, 0.3) is 43.1 Å². The monoisotopic (exact) mass is 432 g/mol. The van der Waals surface area contributed by atoms with Gasteiger partial charge in [-0.05, 0) is 44.8 Å². The minimum Gasteiger partial charge on any atom is -0.481 e. The number of fused-ring (bicyclic) bond motifs is 2. The van der Waals surface area contributed by atoms with Gasteiger partial charge < -0.3 is 9.29 Å². The molecule has 0 aliphatic carbocycles. The predicted molar refractivity (Wildman–Crippen MR) is 126 cm³/mol. The van der Waals surface area contributed by atoms with Crippen molar-refractivity contribution in [2.75, 3.05) is 0 Å². The summed E-state index contributed by atoms with van der Waals surface area (Å²) in [6.45, 7) is 3.37. The highest BCUT2D eigenvalue weighted by Crippen LogP contribution is 2.43. The van der Waals surface area contributed by atoms with E-state index in [-0.39, 0.29) is 6.42 Å². The molecule has 31 heavy (non-hydrogen) atoms.